The molecule has 1 aliphatic heterocycles. The maximum Gasteiger partial charge on any atom is 0.0113 e. The van der Waals surface area contributed by atoms with Gasteiger partial charge < -0.3 is 5.32 Å². The predicted octanol–water partition coefficient (Wildman–Crippen LogP) is 3.17. The van der Waals surface area contributed by atoms with Gasteiger partial charge in [-0.25, -0.2) is 0 Å². The minimum Gasteiger partial charge on any atom is -0.314 e. The molecule has 0 aromatic rings. The SMILES string of the molecule is CCCNC1CCCC(N2CCCCC2C)C1. The highest BCUT2D eigenvalue weighted by molar-refractivity contribution is 4.87. The Bertz CT molecular complexity index is 217. The fourth-order valence-electron chi connectivity index (χ4n) is 3.66. The summed E-state index contributed by atoms with van der Waals surface area (Å²) in [4.78, 5) is 2.81. The first-order valence-corrected chi connectivity index (χ1v) is 7.80. The lowest BCUT2D eigenvalue weighted by Crippen LogP contribution is -2.49. The van der Waals surface area contributed by atoms with E-state index < -0.39 is 0 Å². The summed E-state index contributed by atoms with van der Waals surface area (Å²) >= 11 is 0. The Hall–Kier alpha value is -0.0800. The molecule has 0 amide bonds. The minimum absolute atomic E-state index is 0.794. The van der Waals surface area contributed by atoms with Crippen LogP contribution in [0.5, 0.6) is 0 Å². The van der Waals surface area contributed by atoms with E-state index in [2.05, 4.69) is 24.1 Å². The summed E-state index contributed by atoms with van der Waals surface area (Å²) in [5.41, 5.74) is 0. The van der Waals surface area contributed by atoms with E-state index in [0.717, 1.165) is 18.1 Å². The van der Waals surface area contributed by atoms with Gasteiger partial charge >= 0.3 is 0 Å². The molecule has 3 unspecified atom stereocenters. The molecule has 0 aromatic carbocycles. The van der Waals surface area contributed by atoms with Crippen LogP contribution >= 0.6 is 0 Å². The van der Waals surface area contributed by atoms with Crippen LogP contribution < -0.4 is 5.32 Å². The predicted molar refractivity (Wildman–Crippen MR) is 74.4 cm³/mol. The largest absolute Gasteiger partial charge is 0.314 e. The Morgan fingerprint density at radius 2 is 2.00 bits per heavy atom. The van der Waals surface area contributed by atoms with Gasteiger partial charge in [0.25, 0.3) is 0 Å². The first-order chi connectivity index (χ1) is 8.31. The van der Waals surface area contributed by atoms with Gasteiger partial charge in [0.15, 0.2) is 0 Å². The highest BCUT2D eigenvalue weighted by Gasteiger charge is 2.30. The monoisotopic (exact) mass is 238 g/mol. The van der Waals surface area contributed by atoms with Gasteiger partial charge in [-0.15, -0.1) is 0 Å². The van der Waals surface area contributed by atoms with Crippen molar-refractivity contribution >= 4 is 0 Å². The van der Waals surface area contributed by atoms with E-state index in [9.17, 15) is 0 Å². The zero-order valence-electron chi connectivity index (χ0n) is 11.8. The van der Waals surface area contributed by atoms with Gasteiger partial charge in [0, 0.05) is 18.1 Å². The molecule has 1 aliphatic carbocycles. The average Bonchev–Trinajstić information content (AvgIpc) is 2.37. The molecular formula is C15H30N2. The van der Waals surface area contributed by atoms with Crippen LogP contribution in [-0.2, 0) is 0 Å². The summed E-state index contributed by atoms with van der Waals surface area (Å²) < 4.78 is 0. The van der Waals surface area contributed by atoms with E-state index >= 15 is 0 Å². The maximum absolute atomic E-state index is 3.73. The molecule has 17 heavy (non-hydrogen) atoms. The van der Waals surface area contributed by atoms with Crippen LogP contribution in [0.1, 0.15) is 65.2 Å². The molecule has 2 aliphatic rings. The molecule has 3 atom stereocenters. The van der Waals surface area contributed by atoms with Gasteiger partial charge in [-0.3, -0.25) is 4.90 Å². The molecule has 2 nitrogen and oxygen atoms in total. The van der Waals surface area contributed by atoms with E-state index in [1.807, 2.05) is 0 Å². The van der Waals surface area contributed by atoms with E-state index in [1.165, 1.54) is 64.5 Å². The molecule has 2 heteroatoms. The first kappa shape index (κ1) is 13.4. The Labute approximate surface area is 107 Å². The Morgan fingerprint density at radius 3 is 2.76 bits per heavy atom. The summed E-state index contributed by atoms with van der Waals surface area (Å²) in [6.07, 6.45) is 11.2. The van der Waals surface area contributed by atoms with Crippen molar-refractivity contribution in [3.05, 3.63) is 0 Å². The maximum atomic E-state index is 3.73. The highest BCUT2D eigenvalue weighted by Crippen LogP contribution is 2.28. The number of nitrogens with one attached hydrogen (secondary N) is 1. The van der Waals surface area contributed by atoms with Crippen LogP contribution in [0.4, 0.5) is 0 Å². The average molecular weight is 238 g/mol. The second-order valence-electron chi connectivity index (χ2n) is 6.05. The number of hydrogen-bond acceptors (Lipinski definition) is 2. The molecule has 1 saturated heterocycles. The molecule has 1 heterocycles. The minimum atomic E-state index is 0.794. The molecule has 2 fully saturated rings. The summed E-state index contributed by atoms with van der Waals surface area (Å²) in [6, 6.07) is 2.50. The number of likely N-dealkylation sites (tertiary alicyclic amines) is 1. The van der Waals surface area contributed by atoms with Gasteiger partial charge in [0.2, 0.25) is 0 Å². The number of nitrogens with zero attached hydrogens (tertiary/aromatic N) is 1. The summed E-state index contributed by atoms with van der Waals surface area (Å²) in [5, 5.41) is 3.73. The van der Waals surface area contributed by atoms with E-state index in [-0.39, 0.29) is 0 Å². The third kappa shape index (κ3) is 3.69. The lowest BCUT2D eigenvalue weighted by molar-refractivity contribution is 0.0728. The second kappa shape index (κ2) is 6.75. The van der Waals surface area contributed by atoms with E-state index in [0.29, 0.717) is 0 Å². The van der Waals surface area contributed by atoms with Crippen LogP contribution in [-0.4, -0.2) is 36.1 Å². The third-order valence-electron chi connectivity index (χ3n) is 4.65. The third-order valence-corrected chi connectivity index (χ3v) is 4.65. The van der Waals surface area contributed by atoms with Crippen LogP contribution in [0.3, 0.4) is 0 Å². The standard InChI is InChI=1S/C15H30N2/c1-3-10-16-14-8-6-9-15(12-14)17-11-5-4-7-13(17)2/h13-16H,3-12H2,1-2H3. The van der Waals surface area contributed by atoms with E-state index in [4.69, 9.17) is 0 Å². The van der Waals surface area contributed by atoms with Crippen molar-refractivity contribution in [3.8, 4) is 0 Å². The number of piperidine rings is 1. The Balaban J connectivity index is 1.83. The van der Waals surface area contributed by atoms with Crippen LogP contribution in [0.15, 0.2) is 0 Å². The number of hydrogen-bond donors (Lipinski definition) is 1. The summed E-state index contributed by atoms with van der Waals surface area (Å²) in [6.45, 7) is 7.25. The Kier molecular flexibility index (Phi) is 5.30. The lowest BCUT2D eigenvalue weighted by atomic mass is 9.87. The van der Waals surface area contributed by atoms with Crippen molar-refractivity contribution in [2.75, 3.05) is 13.1 Å². The normalized spacial score (nSPS) is 36.0. The number of rotatable bonds is 4. The zero-order chi connectivity index (χ0) is 12.1. The molecular weight excluding hydrogens is 208 g/mol. The zero-order valence-corrected chi connectivity index (χ0v) is 11.8. The van der Waals surface area contributed by atoms with Crippen molar-refractivity contribution in [1.82, 2.24) is 10.2 Å². The topological polar surface area (TPSA) is 15.3 Å². The lowest BCUT2D eigenvalue weighted by Gasteiger charge is -2.43. The van der Waals surface area contributed by atoms with Crippen LogP contribution in [0.25, 0.3) is 0 Å². The van der Waals surface area contributed by atoms with Gasteiger partial charge in [-0.2, -0.15) is 0 Å². The molecule has 2 rings (SSSR count). The van der Waals surface area contributed by atoms with Crippen molar-refractivity contribution in [2.45, 2.75) is 83.3 Å². The van der Waals surface area contributed by atoms with Gasteiger partial charge in [0.1, 0.15) is 0 Å². The molecule has 0 aromatic heterocycles. The highest BCUT2D eigenvalue weighted by atomic mass is 15.2. The quantitative estimate of drug-likeness (QED) is 0.809. The molecule has 0 spiro atoms. The molecule has 1 saturated carbocycles. The Morgan fingerprint density at radius 1 is 1.12 bits per heavy atom. The second-order valence-corrected chi connectivity index (χ2v) is 6.05. The molecule has 100 valence electrons. The first-order valence-electron chi connectivity index (χ1n) is 7.80. The molecule has 0 bridgehead atoms. The van der Waals surface area contributed by atoms with Gasteiger partial charge in [-0.1, -0.05) is 19.8 Å². The van der Waals surface area contributed by atoms with Gasteiger partial charge in [0.05, 0.1) is 0 Å². The molecule has 1 N–H and O–H groups in total. The van der Waals surface area contributed by atoms with Crippen LogP contribution in [0.2, 0.25) is 0 Å². The van der Waals surface area contributed by atoms with Crippen molar-refractivity contribution in [1.29, 1.82) is 0 Å². The summed E-state index contributed by atoms with van der Waals surface area (Å²) in [7, 11) is 0. The van der Waals surface area contributed by atoms with E-state index in [1.54, 1.807) is 0 Å². The fourth-order valence-corrected chi connectivity index (χ4v) is 3.66. The fraction of sp³-hybridized carbons (Fsp3) is 1.00. The van der Waals surface area contributed by atoms with Crippen molar-refractivity contribution < 1.29 is 0 Å². The van der Waals surface area contributed by atoms with Crippen molar-refractivity contribution in [3.63, 3.8) is 0 Å². The van der Waals surface area contributed by atoms with Crippen molar-refractivity contribution in [2.24, 2.45) is 0 Å². The van der Waals surface area contributed by atoms with Gasteiger partial charge in [-0.05, 0) is 58.5 Å². The summed E-state index contributed by atoms with van der Waals surface area (Å²) in [5.74, 6) is 0. The smallest absolute Gasteiger partial charge is 0.0113 e. The van der Waals surface area contributed by atoms with Crippen LogP contribution in [0, 0.1) is 0 Å². The molecule has 0 radical (unpaired) electrons.